The second-order valence-corrected chi connectivity index (χ2v) is 25.0. The van der Waals surface area contributed by atoms with Crippen LogP contribution in [0.25, 0.3) is 0 Å². The molecule has 0 amide bonds. The van der Waals surface area contributed by atoms with Crippen molar-refractivity contribution < 1.29 is 14.4 Å². The first-order chi connectivity index (χ1) is 26.6. The predicted octanol–water partition coefficient (Wildman–Crippen LogP) is 13.7. The number of unbranched alkanes of at least 4 members (excludes halogenated alkanes) is 8. The second kappa shape index (κ2) is 22.1. The van der Waals surface area contributed by atoms with Crippen molar-refractivity contribution in [1.82, 2.24) is 15.5 Å². The van der Waals surface area contributed by atoms with E-state index in [4.69, 9.17) is 0 Å². The number of hydrogen-bond acceptors (Lipinski definition) is 6. The van der Waals surface area contributed by atoms with E-state index in [1.54, 1.807) is 0 Å². The van der Waals surface area contributed by atoms with Gasteiger partial charge >= 0.3 is 0 Å². The normalized spacial score (nSPS) is 20.1. The van der Waals surface area contributed by atoms with E-state index in [0.717, 1.165) is 90.0 Å². The van der Waals surface area contributed by atoms with Crippen molar-refractivity contribution in [3.05, 3.63) is 24.3 Å². The molecule has 0 aromatic carbocycles. The molecule has 1 saturated heterocycles. The van der Waals surface area contributed by atoms with Crippen LogP contribution in [-0.4, -0.2) is 62.0 Å². The zero-order chi connectivity index (χ0) is 45.8. The molecule has 2 N–H and O–H groups in total. The van der Waals surface area contributed by atoms with Crippen LogP contribution in [0.4, 0.5) is 0 Å². The van der Waals surface area contributed by atoms with Crippen LogP contribution in [0, 0.1) is 16.2 Å². The van der Waals surface area contributed by atoms with Gasteiger partial charge in [-0.2, -0.15) is 0 Å². The van der Waals surface area contributed by atoms with Crippen LogP contribution in [0.15, 0.2) is 24.3 Å². The van der Waals surface area contributed by atoms with E-state index >= 15 is 0 Å². The molecule has 1 aliphatic heterocycles. The van der Waals surface area contributed by atoms with Crippen molar-refractivity contribution in [2.75, 3.05) is 6.54 Å². The Bertz CT molecular complexity index is 1370. The highest BCUT2D eigenvalue weighted by Crippen LogP contribution is 2.43. The summed E-state index contributed by atoms with van der Waals surface area (Å²) < 4.78 is 0. The van der Waals surface area contributed by atoms with Crippen molar-refractivity contribution in [2.24, 2.45) is 16.2 Å². The van der Waals surface area contributed by atoms with Crippen molar-refractivity contribution in [2.45, 2.75) is 274 Å². The Labute approximate surface area is 367 Å². The lowest BCUT2D eigenvalue weighted by Gasteiger charge is -2.47. The Hall–Kier alpha value is -1.63. The third-order valence-corrected chi connectivity index (χ3v) is 12.0. The zero-order valence-electron chi connectivity index (χ0n) is 42.7. The lowest BCUT2D eigenvalue weighted by atomic mass is 9.72. The summed E-state index contributed by atoms with van der Waals surface area (Å²) in [6, 6.07) is 0. The average Bonchev–Trinajstić information content (AvgIpc) is 3.50. The Morgan fingerprint density at radius 1 is 0.508 bits per heavy atom. The summed E-state index contributed by atoms with van der Waals surface area (Å²) in [5, 5.41) is 7.53. The number of likely N-dealkylation sites (tertiary alicyclic amines) is 1. The van der Waals surface area contributed by atoms with Crippen molar-refractivity contribution in [3.8, 4) is 0 Å². The van der Waals surface area contributed by atoms with Gasteiger partial charge in [-0.05, 0) is 153 Å². The molecule has 0 spiro atoms. The first kappa shape index (κ1) is 55.4. The molecule has 0 radical (unpaired) electrons. The molecule has 1 aliphatic rings. The van der Waals surface area contributed by atoms with E-state index in [9.17, 15) is 14.4 Å². The lowest BCUT2D eigenvalue weighted by Crippen LogP contribution is -2.61. The van der Waals surface area contributed by atoms with Crippen LogP contribution in [-0.2, 0) is 14.4 Å². The fourth-order valence-electron chi connectivity index (χ4n) is 10.1. The molecule has 6 nitrogen and oxygen atoms in total. The highest BCUT2D eigenvalue weighted by atomic mass is 16.1. The summed E-state index contributed by atoms with van der Waals surface area (Å²) in [5.74, 6) is 0.968. The molecule has 6 heteroatoms. The van der Waals surface area contributed by atoms with Crippen LogP contribution in [0.3, 0.4) is 0 Å². The maximum Gasteiger partial charge on any atom is 0.158 e. The SMILES string of the molecule is CC(C)(C)NC(CCC/C=C/CCCCCCCC[C@](C)(NC(C)(C)C)C(=O)C(C)(C)C)(CCC/C=C/C[C@@]1(C(=O)C(C)(C)C)CCCN1C(C)(C)C)C(=O)C(C)(C)C. The van der Waals surface area contributed by atoms with Gasteiger partial charge in [0.1, 0.15) is 0 Å². The van der Waals surface area contributed by atoms with Gasteiger partial charge in [0.15, 0.2) is 17.3 Å². The third kappa shape index (κ3) is 18.7. The van der Waals surface area contributed by atoms with Crippen molar-refractivity contribution >= 4 is 17.3 Å². The van der Waals surface area contributed by atoms with Gasteiger partial charge < -0.3 is 10.6 Å². The van der Waals surface area contributed by atoms with Crippen LogP contribution in [0.1, 0.15) is 241 Å². The van der Waals surface area contributed by atoms with Crippen LogP contribution in [0.5, 0.6) is 0 Å². The Balaban J connectivity index is 2.80. The molecule has 1 fully saturated rings. The molecule has 0 aliphatic carbocycles. The number of allylic oxidation sites excluding steroid dienone is 3. The topological polar surface area (TPSA) is 78.5 Å². The fourth-order valence-corrected chi connectivity index (χ4v) is 10.1. The van der Waals surface area contributed by atoms with E-state index in [1.165, 1.54) is 25.7 Å². The maximum atomic E-state index is 14.3. The monoisotopic (exact) mass is 826 g/mol. The molecule has 0 saturated carbocycles. The van der Waals surface area contributed by atoms with Gasteiger partial charge in [-0.3, -0.25) is 19.3 Å². The van der Waals surface area contributed by atoms with Gasteiger partial charge in [0.25, 0.3) is 0 Å². The second-order valence-electron chi connectivity index (χ2n) is 25.0. The Kier molecular flexibility index (Phi) is 20.8. The van der Waals surface area contributed by atoms with Crippen LogP contribution in [0.2, 0.25) is 0 Å². The lowest BCUT2D eigenvalue weighted by molar-refractivity contribution is -0.140. The van der Waals surface area contributed by atoms with E-state index in [1.807, 2.05) is 20.8 Å². The maximum absolute atomic E-state index is 14.3. The van der Waals surface area contributed by atoms with E-state index in [-0.39, 0.29) is 22.0 Å². The zero-order valence-corrected chi connectivity index (χ0v) is 42.7. The number of ketones is 3. The van der Waals surface area contributed by atoms with Crippen LogP contribution < -0.4 is 10.6 Å². The average molecular weight is 826 g/mol. The third-order valence-electron chi connectivity index (χ3n) is 12.0. The molecule has 344 valence electrons. The van der Waals surface area contributed by atoms with Gasteiger partial charge in [0.2, 0.25) is 0 Å². The quantitative estimate of drug-likeness (QED) is 0.0745. The summed E-state index contributed by atoms with van der Waals surface area (Å²) >= 11 is 0. The summed E-state index contributed by atoms with van der Waals surface area (Å²) in [6.45, 7) is 41.3. The number of carbonyl (C=O) groups is 3. The minimum absolute atomic E-state index is 0.0729. The van der Waals surface area contributed by atoms with Crippen molar-refractivity contribution in [1.29, 1.82) is 0 Å². The molecule has 1 rings (SSSR count). The van der Waals surface area contributed by atoms with E-state index in [2.05, 4.69) is 151 Å². The molecule has 0 aromatic rings. The fraction of sp³-hybridized carbons (Fsp3) is 0.868. The van der Waals surface area contributed by atoms with Gasteiger partial charge in [0, 0.05) is 32.9 Å². The molecule has 3 atom stereocenters. The van der Waals surface area contributed by atoms with E-state index in [0.29, 0.717) is 17.3 Å². The molecule has 1 unspecified atom stereocenters. The smallest absolute Gasteiger partial charge is 0.158 e. The van der Waals surface area contributed by atoms with Crippen molar-refractivity contribution in [3.63, 3.8) is 0 Å². The van der Waals surface area contributed by atoms with Gasteiger partial charge in [0.05, 0.1) is 16.6 Å². The predicted molar refractivity (Wildman–Crippen MR) is 256 cm³/mol. The Morgan fingerprint density at radius 3 is 1.39 bits per heavy atom. The largest absolute Gasteiger partial charge is 0.300 e. The first-order valence-electron chi connectivity index (χ1n) is 23.9. The minimum atomic E-state index is -0.587. The molecule has 59 heavy (non-hydrogen) atoms. The minimum Gasteiger partial charge on any atom is -0.300 e. The highest BCUT2D eigenvalue weighted by Gasteiger charge is 2.53. The number of carbonyl (C=O) groups excluding carboxylic acids is 3. The van der Waals surface area contributed by atoms with Crippen LogP contribution >= 0.6 is 0 Å². The summed E-state index contributed by atoms with van der Waals surface area (Å²) in [7, 11) is 0. The standard InChI is InChI=1S/C53H99N3O3/c1-45(2,3)42(57)51(19,54-48(10,11)12)36-31-27-25-23-21-20-22-24-26-28-32-37-52(55-49(13,14)15,43(58)46(4,5)6)38-33-29-30-34-39-53(44(59)47(7,8)9)40-35-41-56(53)50(16,17)18/h24,26,30,34,54-55H,20-23,25,27-29,31-33,35-41H2,1-19H3/b26-24+,34-30+/t51-,52?,53-/m0/s1. The first-order valence-corrected chi connectivity index (χ1v) is 23.9. The number of nitrogens with one attached hydrogen (secondary N) is 2. The molecular formula is C53H99N3O3. The van der Waals surface area contributed by atoms with Gasteiger partial charge in [-0.25, -0.2) is 0 Å². The number of hydrogen-bond donors (Lipinski definition) is 2. The molecule has 0 aromatic heterocycles. The Morgan fingerprint density at radius 2 is 0.949 bits per heavy atom. The van der Waals surface area contributed by atoms with Gasteiger partial charge in [-0.1, -0.05) is 119 Å². The summed E-state index contributed by atoms with van der Waals surface area (Å²) in [5.41, 5.74) is -3.12. The number of rotatable bonds is 24. The molecular weight excluding hydrogens is 727 g/mol. The molecule has 0 bridgehead atoms. The van der Waals surface area contributed by atoms with E-state index < -0.39 is 27.4 Å². The number of Topliss-reactive ketones (excluding diaryl/α,β-unsaturated/α-hetero) is 3. The van der Waals surface area contributed by atoms with Gasteiger partial charge in [-0.15, -0.1) is 0 Å². The molecule has 1 heterocycles. The summed E-state index contributed by atoms with van der Waals surface area (Å²) in [6.07, 6.45) is 26.4. The number of nitrogens with zero attached hydrogens (tertiary/aromatic N) is 1. The highest BCUT2D eigenvalue weighted by molar-refractivity contribution is 5.94. The summed E-state index contributed by atoms with van der Waals surface area (Å²) in [4.78, 5) is 44.2.